The largest absolute Gasteiger partial charge is 0.373 e. The average Bonchev–Trinajstić information content (AvgIpc) is 2.82. The van der Waals surface area contributed by atoms with Crippen molar-refractivity contribution < 1.29 is 4.79 Å². The Balaban J connectivity index is 1.74. The molecule has 1 aliphatic rings. The maximum atomic E-state index is 11.9. The summed E-state index contributed by atoms with van der Waals surface area (Å²) in [7, 11) is 0. The van der Waals surface area contributed by atoms with Gasteiger partial charge in [0, 0.05) is 24.4 Å². The van der Waals surface area contributed by atoms with Crippen molar-refractivity contribution in [3.63, 3.8) is 0 Å². The third-order valence-corrected chi connectivity index (χ3v) is 3.68. The smallest absolute Gasteiger partial charge is 0.242 e. The Morgan fingerprint density at radius 3 is 3.17 bits per heavy atom. The third-order valence-electron chi connectivity index (χ3n) is 2.82. The zero-order valence-corrected chi connectivity index (χ0v) is 10.9. The predicted octanol–water partition coefficient (Wildman–Crippen LogP) is 1.51. The fourth-order valence-electron chi connectivity index (χ4n) is 1.96. The van der Waals surface area contributed by atoms with Gasteiger partial charge in [-0.2, -0.15) is 0 Å². The standard InChI is InChI=1S/C14H16N2OS/c1-2-8-18-9-7-15-14(17)13-10-11-5-3-4-6-12(11)16-13/h1,3-6,13,16H,7-10H2,(H,15,17)/t13-/m0/s1. The summed E-state index contributed by atoms with van der Waals surface area (Å²) in [6.07, 6.45) is 5.91. The number of amides is 1. The lowest BCUT2D eigenvalue weighted by Crippen LogP contribution is -2.39. The first kappa shape index (κ1) is 12.8. The summed E-state index contributed by atoms with van der Waals surface area (Å²) in [4.78, 5) is 11.9. The summed E-state index contributed by atoms with van der Waals surface area (Å²) in [6, 6.07) is 7.89. The van der Waals surface area contributed by atoms with E-state index in [9.17, 15) is 4.79 Å². The molecule has 0 aliphatic carbocycles. The Kier molecular flexibility index (Phi) is 4.54. The van der Waals surface area contributed by atoms with Crippen LogP contribution in [0.15, 0.2) is 24.3 Å². The first-order valence-electron chi connectivity index (χ1n) is 5.94. The van der Waals surface area contributed by atoms with Crippen LogP contribution in [0, 0.1) is 12.3 Å². The molecule has 0 saturated heterocycles. The third kappa shape index (κ3) is 3.21. The Bertz CT molecular complexity index is 442. The van der Waals surface area contributed by atoms with E-state index >= 15 is 0 Å². The zero-order valence-electron chi connectivity index (χ0n) is 10.1. The number of benzene rings is 1. The van der Waals surface area contributed by atoms with Gasteiger partial charge in [-0.25, -0.2) is 0 Å². The summed E-state index contributed by atoms with van der Waals surface area (Å²) < 4.78 is 0. The van der Waals surface area contributed by atoms with Crippen LogP contribution >= 0.6 is 11.8 Å². The second-order valence-electron chi connectivity index (χ2n) is 4.11. The Morgan fingerprint density at radius 1 is 1.56 bits per heavy atom. The van der Waals surface area contributed by atoms with E-state index in [1.807, 2.05) is 18.2 Å². The molecule has 94 valence electrons. The van der Waals surface area contributed by atoms with E-state index in [0.717, 1.165) is 17.9 Å². The molecular weight excluding hydrogens is 244 g/mol. The van der Waals surface area contributed by atoms with Crippen molar-refractivity contribution in [2.45, 2.75) is 12.5 Å². The van der Waals surface area contributed by atoms with Gasteiger partial charge in [0.15, 0.2) is 0 Å². The van der Waals surface area contributed by atoms with Gasteiger partial charge >= 0.3 is 0 Å². The van der Waals surface area contributed by atoms with E-state index in [-0.39, 0.29) is 11.9 Å². The number of thioether (sulfide) groups is 1. The van der Waals surface area contributed by atoms with Gasteiger partial charge in [0.25, 0.3) is 0 Å². The minimum Gasteiger partial charge on any atom is -0.373 e. The van der Waals surface area contributed by atoms with Crippen molar-refractivity contribution in [2.24, 2.45) is 0 Å². The fourth-order valence-corrected chi connectivity index (χ4v) is 2.47. The second-order valence-corrected chi connectivity index (χ2v) is 5.21. The van der Waals surface area contributed by atoms with Crippen LogP contribution in [0.2, 0.25) is 0 Å². The second kappa shape index (κ2) is 6.36. The van der Waals surface area contributed by atoms with Crippen LogP contribution in [0.25, 0.3) is 0 Å². The van der Waals surface area contributed by atoms with Gasteiger partial charge < -0.3 is 10.6 Å². The maximum Gasteiger partial charge on any atom is 0.242 e. The van der Waals surface area contributed by atoms with E-state index in [2.05, 4.69) is 22.6 Å². The van der Waals surface area contributed by atoms with E-state index in [0.29, 0.717) is 12.3 Å². The van der Waals surface area contributed by atoms with Crippen molar-refractivity contribution in [1.29, 1.82) is 0 Å². The van der Waals surface area contributed by atoms with Crippen molar-refractivity contribution in [2.75, 3.05) is 23.4 Å². The van der Waals surface area contributed by atoms with Crippen LogP contribution in [-0.2, 0) is 11.2 Å². The number of para-hydroxylation sites is 1. The Morgan fingerprint density at radius 2 is 2.39 bits per heavy atom. The van der Waals surface area contributed by atoms with Crippen LogP contribution in [0.3, 0.4) is 0 Å². The number of carbonyl (C=O) groups excluding carboxylic acids is 1. The summed E-state index contributed by atoms with van der Waals surface area (Å²) in [6.45, 7) is 0.666. The Labute approximate surface area is 112 Å². The molecule has 3 nitrogen and oxygen atoms in total. The summed E-state index contributed by atoms with van der Waals surface area (Å²) in [5.74, 6) is 4.18. The first-order chi connectivity index (χ1) is 8.81. The van der Waals surface area contributed by atoms with Gasteiger partial charge in [-0.05, 0) is 11.6 Å². The molecule has 1 atom stereocenters. The van der Waals surface area contributed by atoms with Gasteiger partial charge in [0.2, 0.25) is 5.91 Å². The molecule has 0 bridgehead atoms. The number of rotatable bonds is 5. The molecular formula is C14H16N2OS. The predicted molar refractivity (Wildman–Crippen MR) is 76.7 cm³/mol. The molecule has 0 saturated carbocycles. The van der Waals surface area contributed by atoms with Crippen LogP contribution in [0.5, 0.6) is 0 Å². The van der Waals surface area contributed by atoms with Crippen molar-refractivity contribution in [3.8, 4) is 12.3 Å². The molecule has 0 fully saturated rings. The molecule has 1 aromatic rings. The van der Waals surface area contributed by atoms with E-state index in [1.165, 1.54) is 5.56 Å². The van der Waals surface area contributed by atoms with Gasteiger partial charge in [-0.15, -0.1) is 18.2 Å². The normalized spacial score (nSPS) is 16.5. The number of fused-ring (bicyclic) bond motifs is 1. The monoisotopic (exact) mass is 260 g/mol. The molecule has 0 radical (unpaired) electrons. The minimum atomic E-state index is -0.139. The topological polar surface area (TPSA) is 41.1 Å². The fraction of sp³-hybridized carbons (Fsp3) is 0.357. The van der Waals surface area contributed by atoms with Gasteiger partial charge in [-0.3, -0.25) is 4.79 Å². The number of nitrogens with one attached hydrogen (secondary N) is 2. The molecule has 0 aromatic heterocycles. The number of terminal acetylenes is 1. The summed E-state index contributed by atoms with van der Waals surface area (Å²) in [5, 5.41) is 6.16. The Hall–Kier alpha value is -1.60. The SMILES string of the molecule is C#CCSCCNC(=O)[C@@H]1Cc2ccccc2N1. The van der Waals surface area contributed by atoms with E-state index in [1.54, 1.807) is 11.8 Å². The summed E-state index contributed by atoms with van der Waals surface area (Å²) in [5.41, 5.74) is 2.28. The van der Waals surface area contributed by atoms with E-state index in [4.69, 9.17) is 6.42 Å². The number of hydrogen-bond donors (Lipinski definition) is 2. The first-order valence-corrected chi connectivity index (χ1v) is 7.10. The van der Waals surface area contributed by atoms with Crippen LogP contribution in [0.4, 0.5) is 5.69 Å². The van der Waals surface area contributed by atoms with Crippen LogP contribution < -0.4 is 10.6 Å². The quantitative estimate of drug-likeness (QED) is 0.623. The lowest BCUT2D eigenvalue weighted by atomic mass is 10.1. The highest BCUT2D eigenvalue weighted by molar-refractivity contribution is 7.99. The number of hydrogen-bond acceptors (Lipinski definition) is 3. The van der Waals surface area contributed by atoms with Crippen molar-refractivity contribution in [1.82, 2.24) is 5.32 Å². The minimum absolute atomic E-state index is 0.0625. The summed E-state index contributed by atoms with van der Waals surface area (Å²) >= 11 is 1.65. The average molecular weight is 260 g/mol. The molecule has 4 heteroatoms. The van der Waals surface area contributed by atoms with Crippen LogP contribution in [0.1, 0.15) is 5.56 Å². The van der Waals surface area contributed by atoms with Gasteiger partial charge in [0.05, 0.1) is 5.75 Å². The highest BCUT2D eigenvalue weighted by Crippen LogP contribution is 2.24. The molecule has 2 rings (SSSR count). The van der Waals surface area contributed by atoms with Crippen molar-refractivity contribution >= 4 is 23.4 Å². The molecule has 1 aromatic carbocycles. The highest BCUT2D eigenvalue weighted by atomic mass is 32.2. The molecule has 1 amide bonds. The van der Waals surface area contributed by atoms with Gasteiger partial charge in [-0.1, -0.05) is 24.1 Å². The highest BCUT2D eigenvalue weighted by Gasteiger charge is 2.25. The molecule has 0 unspecified atom stereocenters. The molecule has 0 spiro atoms. The molecule has 2 N–H and O–H groups in total. The lowest BCUT2D eigenvalue weighted by Gasteiger charge is -2.11. The van der Waals surface area contributed by atoms with Crippen molar-refractivity contribution in [3.05, 3.63) is 29.8 Å². The molecule has 18 heavy (non-hydrogen) atoms. The van der Waals surface area contributed by atoms with E-state index < -0.39 is 0 Å². The molecule has 1 aliphatic heterocycles. The maximum absolute atomic E-state index is 11.9. The lowest BCUT2D eigenvalue weighted by molar-refractivity contribution is -0.121. The van der Waals surface area contributed by atoms with Gasteiger partial charge in [0.1, 0.15) is 6.04 Å². The number of carbonyl (C=O) groups is 1. The molecule has 1 heterocycles. The van der Waals surface area contributed by atoms with Crippen LogP contribution in [-0.4, -0.2) is 30.0 Å². The zero-order chi connectivity index (χ0) is 12.8. The number of anilines is 1.